The normalized spacial score (nSPS) is 16.1. The van der Waals surface area contributed by atoms with Gasteiger partial charge in [0.1, 0.15) is 0 Å². The van der Waals surface area contributed by atoms with E-state index >= 15 is 0 Å². The lowest BCUT2D eigenvalue weighted by Crippen LogP contribution is -2.51. The fourth-order valence-corrected chi connectivity index (χ4v) is 2.76. The van der Waals surface area contributed by atoms with Crippen LogP contribution in [0.15, 0.2) is 36.4 Å². The molecule has 1 aromatic carbocycles. The summed E-state index contributed by atoms with van der Waals surface area (Å²) in [5.41, 5.74) is 1.31. The summed E-state index contributed by atoms with van der Waals surface area (Å²) in [5.74, 6) is 0. The van der Waals surface area contributed by atoms with Crippen LogP contribution in [0.25, 0.3) is 0 Å². The Morgan fingerprint density at radius 3 is 2.25 bits per heavy atom. The SMILES string of the molecule is C=C(C)CNC(=S)N1CCN(Cc2ccc(C(F)(F)F)cc2)CC1. The van der Waals surface area contributed by atoms with Crippen LogP contribution in [0, 0.1) is 0 Å². The highest BCUT2D eigenvalue weighted by molar-refractivity contribution is 7.80. The molecule has 0 unspecified atom stereocenters. The minimum Gasteiger partial charge on any atom is -0.359 e. The highest BCUT2D eigenvalue weighted by Gasteiger charge is 2.30. The van der Waals surface area contributed by atoms with Crippen molar-refractivity contribution in [3.8, 4) is 0 Å². The Labute approximate surface area is 146 Å². The third-order valence-electron chi connectivity index (χ3n) is 3.89. The average molecular weight is 357 g/mol. The maximum atomic E-state index is 12.6. The first kappa shape index (κ1) is 18.7. The van der Waals surface area contributed by atoms with E-state index in [1.165, 1.54) is 0 Å². The molecular formula is C17H22F3N3S. The number of hydrogen-bond donors (Lipinski definition) is 1. The number of hydrogen-bond acceptors (Lipinski definition) is 2. The molecule has 0 radical (unpaired) electrons. The molecule has 1 aliphatic heterocycles. The fraction of sp³-hybridized carbons (Fsp3) is 0.471. The lowest BCUT2D eigenvalue weighted by Gasteiger charge is -2.36. The molecule has 1 fully saturated rings. The zero-order valence-electron chi connectivity index (χ0n) is 13.7. The van der Waals surface area contributed by atoms with Gasteiger partial charge >= 0.3 is 6.18 Å². The molecule has 0 aliphatic carbocycles. The summed E-state index contributed by atoms with van der Waals surface area (Å²) < 4.78 is 37.7. The molecule has 0 aromatic heterocycles. The molecule has 0 amide bonds. The lowest BCUT2D eigenvalue weighted by atomic mass is 10.1. The highest BCUT2D eigenvalue weighted by atomic mass is 32.1. The smallest absolute Gasteiger partial charge is 0.359 e. The molecule has 2 rings (SSSR count). The molecule has 7 heteroatoms. The summed E-state index contributed by atoms with van der Waals surface area (Å²) in [5, 5.41) is 3.90. The zero-order chi connectivity index (χ0) is 17.7. The topological polar surface area (TPSA) is 18.5 Å². The minimum absolute atomic E-state index is 0.606. The number of rotatable bonds is 4. The summed E-state index contributed by atoms with van der Waals surface area (Å²) in [6.45, 7) is 10.4. The first-order valence-electron chi connectivity index (χ1n) is 7.81. The second kappa shape index (κ2) is 7.98. The second-order valence-electron chi connectivity index (χ2n) is 6.07. The molecule has 24 heavy (non-hydrogen) atoms. The van der Waals surface area contributed by atoms with Crippen LogP contribution in [-0.2, 0) is 12.7 Å². The Morgan fingerprint density at radius 2 is 1.75 bits per heavy atom. The van der Waals surface area contributed by atoms with Gasteiger partial charge in [-0.15, -0.1) is 0 Å². The molecule has 1 saturated heterocycles. The zero-order valence-corrected chi connectivity index (χ0v) is 14.5. The first-order valence-corrected chi connectivity index (χ1v) is 8.22. The Bertz CT molecular complexity index is 576. The van der Waals surface area contributed by atoms with Crippen LogP contribution < -0.4 is 5.32 Å². The van der Waals surface area contributed by atoms with Gasteiger partial charge in [0.15, 0.2) is 5.11 Å². The molecule has 3 nitrogen and oxygen atoms in total. The van der Waals surface area contributed by atoms with Crippen molar-refractivity contribution in [1.82, 2.24) is 15.1 Å². The predicted molar refractivity (Wildman–Crippen MR) is 93.7 cm³/mol. The highest BCUT2D eigenvalue weighted by Crippen LogP contribution is 2.29. The van der Waals surface area contributed by atoms with E-state index < -0.39 is 11.7 Å². The van der Waals surface area contributed by atoms with E-state index in [4.69, 9.17) is 12.2 Å². The number of nitrogens with zero attached hydrogens (tertiary/aromatic N) is 2. The van der Waals surface area contributed by atoms with E-state index in [1.807, 2.05) is 6.92 Å². The molecule has 1 aromatic rings. The van der Waals surface area contributed by atoms with Gasteiger partial charge in [0, 0.05) is 39.3 Å². The average Bonchev–Trinajstić information content (AvgIpc) is 2.53. The van der Waals surface area contributed by atoms with E-state index in [0.717, 1.165) is 54.6 Å². The summed E-state index contributed by atoms with van der Waals surface area (Å²) in [6.07, 6.45) is -4.28. The largest absolute Gasteiger partial charge is 0.416 e. The van der Waals surface area contributed by atoms with Crippen LogP contribution in [0.4, 0.5) is 13.2 Å². The van der Waals surface area contributed by atoms with Crippen LogP contribution >= 0.6 is 12.2 Å². The van der Waals surface area contributed by atoms with Gasteiger partial charge in [-0.25, -0.2) is 0 Å². The molecular weight excluding hydrogens is 335 g/mol. The third-order valence-corrected chi connectivity index (χ3v) is 4.29. The van der Waals surface area contributed by atoms with E-state index in [0.29, 0.717) is 13.1 Å². The monoisotopic (exact) mass is 357 g/mol. The van der Waals surface area contributed by atoms with Gasteiger partial charge < -0.3 is 10.2 Å². The van der Waals surface area contributed by atoms with Crippen molar-refractivity contribution in [1.29, 1.82) is 0 Å². The van der Waals surface area contributed by atoms with Crippen molar-refractivity contribution < 1.29 is 13.2 Å². The van der Waals surface area contributed by atoms with Crippen LogP contribution in [0.5, 0.6) is 0 Å². The Kier molecular flexibility index (Phi) is 6.23. The van der Waals surface area contributed by atoms with Gasteiger partial charge in [-0.1, -0.05) is 24.3 Å². The number of thiocarbonyl (C=S) groups is 1. The summed E-state index contributed by atoms with van der Waals surface area (Å²) in [7, 11) is 0. The maximum absolute atomic E-state index is 12.6. The van der Waals surface area contributed by atoms with Crippen LogP contribution in [0.2, 0.25) is 0 Å². The number of nitrogens with one attached hydrogen (secondary N) is 1. The van der Waals surface area contributed by atoms with E-state index in [2.05, 4.69) is 21.7 Å². The molecule has 1 aliphatic rings. The summed E-state index contributed by atoms with van der Waals surface area (Å²) >= 11 is 5.36. The van der Waals surface area contributed by atoms with E-state index in [-0.39, 0.29) is 0 Å². The molecule has 132 valence electrons. The standard InChI is InChI=1S/C17H22F3N3S/c1-13(2)11-21-16(24)23-9-7-22(8-10-23)12-14-3-5-15(6-4-14)17(18,19)20/h3-6H,1,7-12H2,2H3,(H,21,24). The van der Waals surface area contributed by atoms with Gasteiger partial charge in [0.05, 0.1) is 5.56 Å². The van der Waals surface area contributed by atoms with Crippen molar-refractivity contribution in [3.63, 3.8) is 0 Å². The summed E-state index contributed by atoms with van der Waals surface area (Å²) in [4.78, 5) is 4.34. The van der Waals surface area contributed by atoms with Crippen molar-refractivity contribution in [2.24, 2.45) is 0 Å². The molecule has 0 saturated carbocycles. The van der Waals surface area contributed by atoms with Gasteiger partial charge in [0.25, 0.3) is 0 Å². The van der Waals surface area contributed by atoms with Gasteiger partial charge in [-0.3, -0.25) is 4.90 Å². The van der Waals surface area contributed by atoms with Crippen molar-refractivity contribution in [2.75, 3.05) is 32.7 Å². The second-order valence-corrected chi connectivity index (χ2v) is 6.46. The quantitative estimate of drug-likeness (QED) is 0.658. The van der Waals surface area contributed by atoms with Crippen molar-refractivity contribution >= 4 is 17.3 Å². The molecule has 1 N–H and O–H groups in total. The minimum atomic E-state index is -4.28. The summed E-state index contributed by atoms with van der Waals surface area (Å²) in [6, 6.07) is 5.38. The fourth-order valence-electron chi connectivity index (χ4n) is 2.50. The molecule has 1 heterocycles. The van der Waals surface area contributed by atoms with Gasteiger partial charge in [-0.2, -0.15) is 13.2 Å². The molecule has 0 spiro atoms. The molecule has 0 atom stereocenters. The molecule has 0 bridgehead atoms. The lowest BCUT2D eigenvalue weighted by molar-refractivity contribution is -0.137. The number of alkyl halides is 3. The van der Waals surface area contributed by atoms with Crippen molar-refractivity contribution in [2.45, 2.75) is 19.6 Å². The Hall–Kier alpha value is -1.60. The van der Waals surface area contributed by atoms with Gasteiger partial charge in [0.2, 0.25) is 0 Å². The third kappa shape index (κ3) is 5.49. The van der Waals surface area contributed by atoms with Gasteiger partial charge in [-0.05, 0) is 36.8 Å². The number of halogens is 3. The van der Waals surface area contributed by atoms with E-state index in [1.54, 1.807) is 12.1 Å². The van der Waals surface area contributed by atoms with E-state index in [9.17, 15) is 13.2 Å². The maximum Gasteiger partial charge on any atom is 0.416 e. The number of benzene rings is 1. The Balaban J connectivity index is 1.80. The van der Waals surface area contributed by atoms with Crippen LogP contribution in [0.1, 0.15) is 18.1 Å². The predicted octanol–water partition coefficient (Wildman–Crippen LogP) is 3.27. The first-order chi connectivity index (χ1) is 11.3. The number of piperazine rings is 1. The van der Waals surface area contributed by atoms with Crippen molar-refractivity contribution in [3.05, 3.63) is 47.5 Å². The van der Waals surface area contributed by atoms with Crippen LogP contribution in [-0.4, -0.2) is 47.6 Å². The van der Waals surface area contributed by atoms with Crippen LogP contribution in [0.3, 0.4) is 0 Å². The Morgan fingerprint density at radius 1 is 1.17 bits per heavy atom.